The lowest BCUT2D eigenvalue weighted by atomic mass is 10.1. The Balaban J connectivity index is 1.56. The molecule has 234 valence electrons. The van der Waals surface area contributed by atoms with E-state index in [1.165, 1.54) is 0 Å². The van der Waals surface area contributed by atoms with E-state index in [9.17, 15) is 4.79 Å². The molecular formula is C30H44N8O5. The minimum absolute atomic E-state index is 0.161. The van der Waals surface area contributed by atoms with E-state index in [0.29, 0.717) is 87.5 Å². The number of aromatic nitrogens is 3. The number of benzene rings is 2. The Hall–Kier alpha value is -4.20. The van der Waals surface area contributed by atoms with Crippen molar-refractivity contribution < 1.29 is 23.7 Å². The molecule has 1 heterocycles. The number of amides is 1. The maximum Gasteiger partial charge on any atom is 0.251 e. The molecule has 3 rings (SSSR count). The number of ether oxygens (including phenoxy) is 4. The minimum Gasteiger partial charge on any atom is -0.493 e. The molecule has 0 aliphatic rings. The van der Waals surface area contributed by atoms with Gasteiger partial charge >= 0.3 is 0 Å². The summed E-state index contributed by atoms with van der Waals surface area (Å²) in [5.74, 6) is 2.46. The van der Waals surface area contributed by atoms with Gasteiger partial charge in [0.15, 0.2) is 11.5 Å². The van der Waals surface area contributed by atoms with Crippen LogP contribution in [0, 0.1) is 0 Å². The van der Waals surface area contributed by atoms with Gasteiger partial charge in [-0.2, -0.15) is 15.0 Å². The van der Waals surface area contributed by atoms with Crippen LogP contribution in [0.2, 0.25) is 0 Å². The van der Waals surface area contributed by atoms with Gasteiger partial charge in [0.05, 0.1) is 40.6 Å². The SMILES string of the molecule is CCCCNc1nc(NCc2ccc(C(=O)NCCOCCOCCN)cc2)nc(NCc2cccc(OC)c2OC)n1. The van der Waals surface area contributed by atoms with E-state index in [-0.39, 0.29) is 5.91 Å². The van der Waals surface area contributed by atoms with Gasteiger partial charge in [0, 0.05) is 43.9 Å². The van der Waals surface area contributed by atoms with Crippen LogP contribution in [0.1, 0.15) is 41.3 Å². The molecule has 2 aromatic carbocycles. The third kappa shape index (κ3) is 11.5. The summed E-state index contributed by atoms with van der Waals surface area (Å²) in [6.45, 7) is 6.53. The van der Waals surface area contributed by atoms with E-state index in [4.69, 9.17) is 24.7 Å². The average Bonchev–Trinajstić information content (AvgIpc) is 3.04. The first kappa shape index (κ1) is 33.3. The van der Waals surface area contributed by atoms with Crippen LogP contribution < -0.4 is 36.5 Å². The van der Waals surface area contributed by atoms with Crippen molar-refractivity contribution in [1.29, 1.82) is 0 Å². The van der Waals surface area contributed by atoms with Crippen molar-refractivity contribution in [3.05, 3.63) is 59.2 Å². The number of para-hydroxylation sites is 1. The van der Waals surface area contributed by atoms with E-state index in [1.807, 2.05) is 30.3 Å². The van der Waals surface area contributed by atoms with Crippen LogP contribution in [-0.4, -0.2) is 81.1 Å². The van der Waals surface area contributed by atoms with Crippen molar-refractivity contribution in [1.82, 2.24) is 20.3 Å². The van der Waals surface area contributed by atoms with Gasteiger partial charge in [-0.15, -0.1) is 0 Å². The lowest BCUT2D eigenvalue weighted by Crippen LogP contribution is -2.27. The number of unbranched alkanes of at least 4 members (excludes halogenated alkanes) is 1. The smallest absolute Gasteiger partial charge is 0.251 e. The molecule has 0 bridgehead atoms. The number of carbonyl (C=O) groups is 1. The molecule has 6 N–H and O–H groups in total. The van der Waals surface area contributed by atoms with Crippen molar-refractivity contribution in [3.8, 4) is 11.5 Å². The number of carbonyl (C=O) groups excluding carboxylic acids is 1. The van der Waals surface area contributed by atoms with Crippen molar-refractivity contribution >= 4 is 23.8 Å². The number of nitrogens with one attached hydrogen (secondary N) is 4. The molecule has 0 saturated carbocycles. The summed E-state index contributed by atoms with van der Waals surface area (Å²) in [7, 11) is 3.22. The molecule has 1 aromatic heterocycles. The maximum atomic E-state index is 12.5. The second-order valence-electron chi connectivity index (χ2n) is 9.41. The first-order valence-electron chi connectivity index (χ1n) is 14.5. The van der Waals surface area contributed by atoms with Gasteiger partial charge < -0.3 is 45.9 Å². The van der Waals surface area contributed by atoms with Crippen molar-refractivity contribution in [2.24, 2.45) is 5.73 Å². The highest BCUT2D eigenvalue weighted by Gasteiger charge is 2.12. The van der Waals surface area contributed by atoms with Gasteiger partial charge in [-0.05, 0) is 30.2 Å². The van der Waals surface area contributed by atoms with E-state index < -0.39 is 0 Å². The third-order valence-corrected chi connectivity index (χ3v) is 6.20. The van der Waals surface area contributed by atoms with Gasteiger partial charge in [0.1, 0.15) is 0 Å². The summed E-state index contributed by atoms with van der Waals surface area (Å²) in [5, 5.41) is 12.7. The fraction of sp³-hybridized carbons (Fsp3) is 0.467. The Kier molecular flexibility index (Phi) is 14.8. The first-order chi connectivity index (χ1) is 21.1. The molecular weight excluding hydrogens is 552 g/mol. The molecule has 13 nitrogen and oxygen atoms in total. The van der Waals surface area contributed by atoms with Gasteiger partial charge in [-0.25, -0.2) is 0 Å². The topological polar surface area (TPSA) is 167 Å². The molecule has 43 heavy (non-hydrogen) atoms. The van der Waals surface area contributed by atoms with Crippen LogP contribution in [0.3, 0.4) is 0 Å². The van der Waals surface area contributed by atoms with E-state index >= 15 is 0 Å². The Morgan fingerprint density at radius 2 is 1.47 bits per heavy atom. The molecule has 13 heteroatoms. The van der Waals surface area contributed by atoms with Crippen LogP contribution in [0.4, 0.5) is 17.8 Å². The van der Waals surface area contributed by atoms with Crippen LogP contribution >= 0.6 is 0 Å². The van der Waals surface area contributed by atoms with E-state index in [1.54, 1.807) is 26.4 Å². The zero-order chi connectivity index (χ0) is 30.7. The molecule has 1 amide bonds. The van der Waals surface area contributed by atoms with Crippen LogP contribution in [0.5, 0.6) is 11.5 Å². The average molecular weight is 597 g/mol. The largest absolute Gasteiger partial charge is 0.493 e. The molecule has 0 unspecified atom stereocenters. The van der Waals surface area contributed by atoms with Crippen LogP contribution in [-0.2, 0) is 22.6 Å². The molecule has 0 aliphatic heterocycles. The molecule has 0 radical (unpaired) electrons. The number of anilines is 3. The van der Waals surface area contributed by atoms with E-state index in [2.05, 4.69) is 43.1 Å². The number of methoxy groups -OCH3 is 2. The quantitative estimate of drug-likeness (QED) is 0.114. The fourth-order valence-electron chi connectivity index (χ4n) is 3.96. The Labute approximate surface area is 253 Å². The number of hydrogen-bond donors (Lipinski definition) is 5. The van der Waals surface area contributed by atoms with Gasteiger partial charge in [-0.3, -0.25) is 4.79 Å². The van der Waals surface area contributed by atoms with Crippen molar-refractivity contribution in [2.45, 2.75) is 32.9 Å². The number of rotatable bonds is 21. The third-order valence-electron chi connectivity index (χ3n) is 6.20. The summed E-state index contributed by atoms with van der Waals surface area (Å²) in [5.41, 5.74) is 7.81. The summed E-state index contributed by atoms with van der Waals surface area (Å²) in [4.78, 5) is 26.1. The zero-order valence-corrected chi connectivity index (χ0v) is 25.3. The Morgan fingerprint density at radius 3 is 2.12 bits per heavy atom. The molecule has 0 aliphatic carbocycles. The zero-order valence-electron chi connectivity index (χ0n) is 25.3. The van der Waals surface area contributed by atoms with Crippen LogP contribution in [0.25, 0.3) is 0 Å². The lowest BCUT2D eigenvalue weighted by molar-refractivity contribution is 0.0511. The van der Waals surface area contributed by atoms with E-state index in [0.717, 1.165) is 30.5 Å². The van der Waals surface area contributed by atoms with Gasteiger partial charge in [-0.1, -0.05) is 37.6 Å². The van der Waals surface area contributed by atoms with Crippen molar-refractivity contribution in [3.63, 3.8) is 0 Å². The second-order valence-corrected chi connectivity index (χ2v) is 9.41. The summed E-state index contributed by atoms with van der Waals surface area (Å²) >= 11 is 0. The number of hydrogen-bond acceptors (Lipinski definition) is 12. The van der Waals surface area contributed by atoms with Gasteiger partial charge in [0.25, 0.3) is 5.91 Å². The highest BCUT2D eigenvalue weighted by atomic mass is 16.5. The maximum absolute atomic E-state index is 12.5. The summed E-state index contributed by atoms with van der Waals surface area (Å²) in [6, 6.07) is 13.1. The summed E-state index contributed by atoms with van der Waals surface area (Å²) in [6.07, 6.45) is 2.05. The fourth-order valence-corrected chi connectivity index (χ4v) is 3.96. The Morgan fingerprint density at radius 1 is 0.791 bits per heavy atom. The van der Waals surface area contributed by atoms with Crippen LogP contribution in [0.15, 0.2) is 42.5 Å². The predicted molar refractivity (Wildman–Crippen MR) is 167 cm³/mol. The standard InChI is InChI=1S/C30H44N8O5/c1-4-5-14-33-28-36-29(38-30(37-28)35-21-24-7-6-8-25(40-2)26(24)41-3)34-20-22-9-11-23(12-10-22)27(39)32-15-17-43-19-18-42-16-13-31/h6-12H,4-5,13-21,31H2,1-3H3,(H,32,39)(H3,33,34,35,36,37,38). The lowest BCUT2D eigenvalue weighted by Gasteiger charge is -2.14. The Bertz CT molecular complexity index is 1250. The predicted octanol–water partition coefficient (Wildman–Crippen LogP) is 3.05. The highest BCUT2D eigenvalue weighted by Crippen LogP contribution is 2.31. The summed E-state index contributed by atoms with van der Waals surface area (Å²) < 4.78 is 21.6. The van der Waals surface area contributed by atoms with Crippen molar-refractivity contribution in [2.75, 3.05) is 76.2 Å². The molecule has 3 aromatic rings. The molecule has 0 atom stereocenters. The van der Waals surface area contributed by atoms with Gasteiger partial charge in [0.2, 0.25) is 17.8 Å². The number of nitrogens with zero attached hydrogens (tertiary/aromatic N) is 3. The molecule has 0 saturated heterocycles. The second kappa shape index (κ2) is 19.1. The molecule has 0 fully saturated rings. The normalized spacial score (nSPS) is 10.7. The molecule has 0 spiro atoms. The highest BCUT2D eigenvalue weighted by molar-refractivity contribution is 5.94. The minimum atomic E-state index is -0.161. The monoisotopic (exact) mass is 596 g/mol. The first-order valence-corrected chi connectivity index (χ1v) is 14.5. The number of nitrogens with two attached hydrogens (primary N) is 1.